The van der Waals surface area contributed by atoms with Crippen LogP contribution in [-0.2, 0) is 19.6 Å². The molecule has 3 aromatic rings. The van der Waals surface area contributed by atoms with Crippen molar-refractivity contribution in [2.45, 2.75) is 58.3 Å². The molecular formula is C23H31N5O. The van der Waals surface area contributed by atoms with Gasteiger partial charge < -0.3 is 15.2 Å². The van der Waals surface area contributed by atoms with E-state index in [1.54, 1.807) is 0 Å². The fourth-order valence-corrected chi connectivity index (χ4v) is 4.51. The highest BCUT2D eigenvalue weighted by Gasteiger charge is 2.20. The van der Waals surface area contributed by atoms with E-state index in [1.165, 1.54) is 42.1 Å². The van der Waals surface area contributed by atoms with Crippen molar-refractivity contribution < 1.29 is 0 Å². The number of nitrogens with one attached hydrogen (secondary N) is 2. The molecule has 0 spiro atoms. The van der Waals surface area contributed by atoms with E-state index in [4.69, 9.17) is 5.10 Å². The second-order valence-electron chi connectivity index (χ2n) is 8.50. The zero-order valence-electron chi connectivity index (χ0n) is 17.7. The van der Waals surface area contributed by atoms with Gasteiger partial charge in [-0.05, 0) is 57.1 Å². The quantitative estimate of drug-likeness (QED) is 0.645. The minimum atomic E-state index is 0.00149. The van der Waals surface area contributed by atoms with E-state index in [1.807, 2.05) is 27.2 Å². The monoisotopic (exact) mass is 393 g/mol. The van der Waals surface area contributed by atoms with Gasteiger partial charge in [0.2, 0.25) is 0 Å². The second-order valence-corrected chi connectivity index (χ2v) is 8.50. The van der Waals surface area contributed by atoms with Crippen LogP contribution >= 0.6 is 0 Å². The van der Waals surface area contributed by atoms with Gasteiger partial charge in [0.15, 0.2) is 0 Å². The van der Waals surface area contributed by atoms with Crippen molar-refractivity contribution in [3.05, 3.63) is 63.2 Å². The molecule has 6 heteroatoms. The molecule has 0 aliphatic heterocycles. The molecule has 0 unspecified atom stereocenters. The van der Waals surface area contributed by atoms with Gasteiger partial charge in [-0.15, -0.1) is 0 Å². The van der Waals surface area contributed by atoms with Gasteiger partial charge in [0.05, 0.1) is 17.8 Å². The van der Waals surface area contributed by atoms with E-state index in [-0.39, 0.29) is 5.56 Å². The van der Waals surface area contributed by atoms with E-state index in [0.29, 0.717) is 19.1 Å². The average molecular weight is 394 g/mol. The fraction of sp³-hybridized carbons (Fsp3) is 0.478. The van der Waals surface area contributed by atoms with Crippen molar-refractivity contribution in [3.63, 3.8) is 0 Å². The Bertz CT molecular complexity index is 1040. The Labute approximate surface area is 171 Å². The van der Waals surface area contributed by atoms with Crippen LogP contribution in [0, 0.1) is 6.92 Å². The molecule has 154 valence electrons. The van der Waals surface area contributed by atoms with E-state index in [0.717, 1.165) is 23.4 Å². The molecule has 2 aromatic heterocycles. The number of aromatic nitrogens is 3. The number of H-pyrrole nitrogens is 1. The topological polar surface area (TPSA) is 66.0 Å². The Morgan fingerprint density at radius 2 is 2.00 bits per heavy atom. The third kappa shape index (κ3) is 4.28. The van der Waals surface area contributed by atoms with Crippen LogP contribution in [-0.4, -0.2) is 33.8 Å². The molecule has 1 saturated carbocycles. The Balaban J connectivity index is 1.52. The summed E-state index contributed by atoms with van der Waals surface area (Å²) in [6.45, 7) is 3.94. The number of fused-ring (bicyclic) bond motifs is 1. The first-order valence-corrected chi connectivity index (χ1v) is 10.5. The zero-order chi connectivity index (χ0) is 20.4. The number of aryl methyl sites for hydroxylation is 1. The van der Waals surface area contributed by atoms with Crippen LogP contribution in [0.3, 0.4) is 0 Å². The Morgan fingerprint density at radius 3 is 2.76 bits per heavy atom. The summed E-state index contributed by atoms with van der Waals surface area (Å²) in [6.07, 6.45) is 7.05. The molecule has 0 atom stereocenters. The van der Waals surface area contributed by atoms with Gasteiger partial charge in [0.25, 0.3) is 5.56 Å². The van der Waals surface area contributed by atoms with Gasteiger partial charge in [-0.2, -0.15) is 5.10 Å². The number of nitrogens with zero attached hydrogens (tertiary/aromatic N) is 3. The smallest absolute Gasteiger partial charge is 0.252 e. The molecule has 1 aliphatic rings. The molecule has 4 rings (SSSR count). The first-order valence-electron chi connectivity index (χ1n) is 10.5. The second kappa shape index (κ2) is 8.51. The Kier molecular flexibility index (Phi) is 5.83. The largest absolute Gasteiger partial charge is 0.326 e. The molecule has 1 fully saturated rings. The summed E-state index contributed by atoms with van der Waals surface area (Å²) in [5, 5.41) is 9.40. The Hall–Kier alpha value is -2.44. The van der Waals surface area contributed by atoms with Crippen LogP contribution in [0.5, 0.6) is 0 Å². The molecule has 2 N–H and O–H groups in total. The fourth-order valence-electron chi connectivity index (χ4n) is 4.51. The van der Waals surface area contributed by atoms with Crippen LogP contribution in [0.1, 0.15) is 54.1 Å². The molecule has 1 aliphatic carbocycles. The van der Waals surface area contributed by atoms with Crippen molar-refractivity contribution in [2.75, 3.05) is 14.1 Å². The summed E-state index contributed by atoms with van der Waals surface area (Å²) < 4.78 is 2.21. The van der Waals surface area contributed by atoms with E-state index >= 15 is 0 Å². The zero-order valence-corrected chi connectivity index (χ0v) is 17.7. The number of aromatic amines is 1. The first kappa shape index (κ1) is 19.9. The minimum absolute atomic E-state index is 0.00149. The molecule has 6 nitrogen and oxygen atoms in total. The first-order chi connectivity index (χ1) is 14.0. The summed E-state index contributed by atoms with van der Waals surface area (Å²) in [5.74, 6) is 0. The highest BCUT2D eigenvalue weighted by Crippen LogP contribution is 2.32. The van der Waals surface area contributed by atoms with Gasteiger partial charge in [-0.1, -0.05) is 25.0 Å². The molecule has 0 radical (unpaired) electrons. The van der Waals surface area contributed by atoms with Crippen LogP contribution in [0.25, 0.3) is 10.9 Å². The Morgan fingerprint density at radius 1 is 1.21 bits per heavy atom. The predicted molar refractivity (Wildman–Crippen MR) is 117 cm³/mol. The minimum Gasteiger partial charge on any atom is -0.326 e. The highest BCUT2D eigenvalue weighted by atomic mass is 16.1. The number of rotatable bonds is 7. The van der Waals surface area contributed by atoms with E-state index < -0.39 is 0 Å². The number of hydrogen-bond donors (Lipinski definition) is 2. The predicted octanol–water partition coefficient (Wildman–Crippen LogP) is 3.50. The maximum atomic E-state index is 12.5. The van der Waals surface area contributed by atoms with Crippen LogP contribution in [0.15, 0.2) is 35.3 Å². The molecule has 2 heterocycles. The summed E-state index contributed by atoms with van der Waals surface area (Å²) in [4.78, 5) is 17.6. The molecular weight excluding hydrogens is 362 g/mol. The maximum absolute atomic E-state index is 12.5. The van der Waals surface area contributed by atoms with Gasteiger partial charge in [-0.3, -0.25) is 9.48 Å². The van der Waals surface area contributed by atoms with Crippen molar-refractivity contribution >= 4 is 10.9 Å². The van der Waals surface area contributed by atoms with Gasteiger partial charge in [0.1, 0.15) is 0 Å². The van der Waals surface area contributed by atoms with Crippen molar-refractivity contribution in [1.29, 1.82) is 0 Å². The number of benzene rings is 1. The van der Waals surface area contributed by atoms with Crippen molar-refractivity contribution in [2.24, 2.45) is 0 Å². The SMILES string of the molecule is Cc1cc(CN(C)C)c(CNCc2cccc3c2cnn3C2CCCC2)c(=O)[nH]1. The normalized spacial score (nSPS) is 15.0. The summed E-state index contributed by atoms with van der Waals surface area (Å²) in [6, 6.07) is 9.04. The lowest BCUT2D eigenvalue weighted by atomic mass is 10.1. The van der Waals surface area contributed by atoms with Crippen LogP contribution in [0.2, 0.25) is 0 Å². The molecule has 0 amide bonds. The van der Waals surface area contributed by atoms with Gasteiger partial charge in [0, 0.05) is 36.3 Å². The summed E-state index contributed by atoms with van der Waals surface area (Å²) in [5.41, 5.74) is 5.25. The third-order valence-electron chi connectivity index (χ3n) is 5.87. The lowest BCUT2D eigenvalue weighted by Gasteiger charge is -2.15. The maximum Gasteiger partial charge on any atom is 0.252 e. The van der Waals surface area contributed by atoms with Gasteiger partial charge in [-0.25, -0.2) is 0 Å². The molecule has 0 saturated heterocycles. The number of hydrogen-bond acceptors (Lipinski definition) is 4. The van der Waals surface area contributed by atoms with Crippen molar-refractivity contribution in [3.8, 4) is 0 Å². The molecule has 0 bridgehead atoms. The van der Waals surface area contributed by atoms with E-state index in [9.17, 15) is 4.79 Å². The number of pyridine rings is 1. The highest BCUT2D eigenvalue weighted by molar-refractivity contribution is 5.82. The summed E-state index contributed by atoms with van der Waals surface area (Å²) in [7, 11) is 4.05. The van der Waals surface area contributed by atoms with E-state index in [2.05, 4.69) is 44.1 Å². The van der Waals surface area contributed by atoms with Crippen LogP contribution in [0.4, 0.5) is 0 Å². The van der Waals surface area contributed by atoms with Crippen LogP contribution < -0.4 is 10.9 Å². The molecule has 29 heavy (non-hydrogen) atoms. The standard InChI is InChI=1S/C23H31N5O/c1-16-11-18(15-27(2)3)21(23(29)26-16)13-24-12-17-7-6-10-22-20(17)14-25-28(22)19-8-4-5-9-19/h6-7,10-11,14,19,24H,4-5,8-9,12-13,15H2,1-3H3,(H,26,29). The lowest BCUT2D eigenvalue weighted by molar-refractivity contribution is 0.399. The lowest BCUT2D eigenvalue weighted by Crippen LogP contribution is -2.25. The average Bonchev–Trinajstić information content (AvgIpc) is 3.32. The third-order valence-corrected chi connectivity index (χ3v) is 5.87. The molecule has 1 aromatic carbocycles. The van der Waals surface area contributed by atoms with Gasteiger partial charge >= 0.3 is 0 Å². The van der Waals surface area contributed by atoms with Crippen molar-refractivity contribution in [1.82, 2.24) is 25.0 Å². The summed E-state index contributed by atoms with van der Waals surface area (Å²) >= 11 is 0.